The highest BCUT2D eigenvalue weighted by molar-refractivity contribution is 6.37. The van der Waals surface area contributed by atoms with Crippen LogP contribution in [-0.4, -0.2) is 27.4 Å². The van der Waals surface area contributed by atoms with Gasteiger partial charge in [-0.15, -0.1) is 0 Å². The molecule has 1 aromatic rings. The maximum absolute atomic E-state index is 11.2. The number of hydrogen-bond donors (Lipinski definition) is 1. The van der Waals surface area contributed by atoms with Crippen molar-refractivity contribution in [2.45, 2.75) is 0 Å². The van der Waals surface area contributed by atoms with Gasteiger partial charge in [0.05, 0.1) is 31.4 Å². The first kappa shape index (κ1) is 13.7. The molecule has 0 spiro atoms. The van der Waals surface area contributed by atoms with Crippen molar-refractivity contribution in [3.8, 4) is 11.5 Å². The van der Waals surface area contributed by atoms with Crippen LogP contribution < -0.4 is 14.8 Å². The minimum Gasteiger partial charge on any atom is -0.493 e. The number of ether oxygens (including phenoxy) is 3. The number of rotatable bonds is 3. The van der Waals surface area contributed by atoms with Gasteiger partial charge in [0, 0.05) is 0 Å². The van der Waals surface area contributed by atoms with E-state index in [-0.39, 0.29) is 27.2 Å². The third-order valence-electron chi connectivity index (χ3n) is 1.96. The summed E-state index contributed by atoms with van der Waals surface area (Å²) < 4.78 is 14.6. The summed E-state index contributed by atoms with van der Waals surface area (Å²) in [4.78, 5) is 11.2. The number of anilines is 1. The number of carbonyl (C=O) groups excluding carboxylic acids is 1. The predicted octanol–water partition coefficient (Wildman–Crippen LogP) is 3.19. The molecule has 0 bridgehead atoms. The van der Waals surface area contributed by atoms with Crippen molar-refractivity contribution in [2.24, 2.45) is 0 Å². The highest BCUT2D eigenvalue weighted by Crippen LogP contribution is 2.45. The fourth-order valence-electron chi connectivity index (χ4n) is 1.25. The van der Waals surface area contributed by atoms with Crippen molar-refractivity contribution in [1.29, 1.82) is 0 Å². The van der Waals surface area contributed by atoms with E-state index >= 15 is 0 Å². The molecule has 0 saturated heterocycles. The Labute approximate surface area is 109 Å². The summed E-state index contributed by atoms with van der Waals surface area (Å²) >= 11 is 11.9. The molecule has 0 radical (unpaired) electrons. The Morgan fingerprint density at radius 1 is 1.12 bits per heavy atom. The summed E-state index contributed by atoms with van der Waals surface area (Å²) in [5.41, 5.74) is 0.222. The predicted molar refractivity (Wildman–Crippen MR) is 65.6 cm³/mol. The summed E-state index contributed by atoms with van der Waals surface area (Å²) in [6.45, 7) is 0. The standard InChI is InChI=1S/C10H11Cl2NO4/c1-15-8-5(11)4-6(12)9(16-2)7(8)13-10(14)17-3/h4H,1-3H3,(H,13,14). The quantitative estimate of drug-likeness (QED) is 0.923. The van der Waals surface area contributed by atoms with Crippen molar-refractivity contribution >= 4 is 35.0 Å². The topological polar surface area (TPSA) is 56.8 Å². The van der Waals surface area contributed by atoms with Gasteiger partial charge in [-0.25, -0.2) is 4.79 Å². The maximum Gasteiger partial charge on any atom is 0.411 e. The Bertz CT molecular complexity index is 409. The van der Waals surface area contributed by atoms with E-state index in [0.717, 1.165) is 0 Å². The van der Waals surface area contributed by atoms with Crippen LogP contribution in [0.3, 0.4) is 0 Å². The first-order chi connectivity index (χ1) is 8.04. The van der Waals surface area contributed by atoms with Crippen LogP contribution in [0.15, 0.2) is 6.07 Å². The summed E-state index contributed by atoms with van der Waals surface area (Å²) in [5, 5.41) is 2.94. The van der Waals surface area contributed by atoms with Gasteiger partial charge < -0.3 is 14.2 Å². The third kappa shape index (κ3) is 2.87. The van der Waals surface area contributed by atoms with Crippen LogP contribution in [-0.2, 0) is 4.74 Å². The van der Waals surface area contributed by atoms with E-state index in [1.165, 1.54) is 27.4 Å². The van der Waals surface area contributed by atoms with Crippen molar-refractivity contribution < 1.29 is 19.0 Å². The van der Waals surface area contributed by atoms with Crippen LogP contribution in [0.1, 0.15) is 0 Å². The van der Waals surface area contributed by atoms with Crippen molar-refractivity contribution in [3.05, 3.63) is 16.1 Å². The number of nitrogens with one attached hydrogen (secondary N) is 1. The molecule has 94 valence electrons. The number of hydrogen-bond acceptors (Lipinski definition) is 4. The average Bonchev–Trinajstić information content (AvgIpc) is 2.29. The molecule has 0 aliphatic carbocycles. The number of benzene rings is 1. The van der Waals surface area contributed by atoms with E-state index in [4.69, 9.17) is 32.7 Å². The average molecular weight is 280 g/mol. The lowest BCUT2D eigenvalue weighted by atomic mass is 10.2. The number of methoxy groups -OCH3 is 3. The molecule has 1 amide bonds. The lowest BCUT2D eigenvalue weighted by Crippen LogP contribution is -2.13. The fourth-order valence-corrected chi connectivity index (χ4v) is 1.87. The van der Waals surface area contributed by atoms with Gasteiger partial charge in [-0.2, -0.15) is 0 Å². The van der Waals surface area contributed by atoms with Gasteiger partial charge in [0.2, 0.25) is 0 Å². The zero-order chi connectivity index (χ0) is 13.0. The zero-order valence-electron chi connectivity index (χ0n) is 9.47. The van der Waals surface area contributed by atoms with Gasteiger partial charge in [0.1, 0.15) is 5.69 Å². The summed E-state index contributed by atoms with van der Waals surface area (Å²) in [5.74, 6) is 0.497. The minimum absolute atomic E-state index is 0.222. The Morgan fingerprint density at radius 2 is 1.59 bits per heavy atom. The molecule has 0 aliphatic rings. The molecule has 7 heteroatoms. The van der Waals surface area contributed by atoms with E-state index < -0.39 is 6.09 Å². The second-order valence-corrected chi connectivity index (χ2v) is 3.71. The molecule has 0 fully saturated rings. The number of halogens is 2. The van der Waals surface area contributed by atoms with E-state index in [2.05, 4.69) is 10.1 Å². The van der Waals surface area contributed by atoms with Crippen molar-refractivity contribution in [1.82, 2.24) is 0 Å². The number of amides is 1. The van der Waals surface area contributed by atoms with E-state index in [1.54, 1.807) is 0 Å². The van der Waals surface area contributed by atoms with Gasteiger partial charge in [0.25, 0.3) is 0 Å². The van der Waals surface area contributed by atoms with E-state index in [9.17, 15) is 4.79 Å². The molecule has 1 rings (SSSR count). The van der Waals surface area contributed by atoms with Crippen molar-refractivity contribution in [3.63, 3.8) is 0 Å². The van der Waals surface area contributed by atoms with Gasteiger partial charge in [-0.05, 0) is 6.07 Å². The fraction of sp³-hybridized carbons (Fsp3) is 0.300. The smallest absolute Gasteiger partial charge is 0.411 e. The highest BCUT2D eigenvalue weighted by Gasteiger charge is 2.20. The Hall–Kier alpha value is -1.33. The molecular formula is C10H11Cl2NO4. The summed E-state index contributed by atoms with van der Waals surface area (Å²) in [7, 11) is 4.06. The second-order valence-electron chi connectivity index (χ2n) is 2.90. The largest absolute Gasteiger partial charge is 0.493 e. The molecule has 1 N–H and O–H groups in total. The zero-order valence-corrected chi connectivity index (χ0v) is 11.0. The monoisotopic (exact) mass is 279 g/mol. The van der Waals surface area contributed by atoms with Crippen molar-refractivity contribution in [2.75, 3.05) is 26.6 Å². The molecule has 0 aromatic heterocycles. The van der Waals surface area contributed by atoms with E-state index in [1.807, 2.05) is 0 Å². The highest BCUT2D eigenvalue weighted by atomic mass is 35.5. The summed E-state index contributed by atoms with van der Waals surface area (Å²) in [6.07, 6.45) is -0.681. The van der Waals surface area contributed by atoms with E-state index in [0.29, 0.717) is 0 Å². The Morgan fingerprint density at radius 3 is 1.94 bits per heavy atom. The van der Waals surface area contributed by atoms with Gasteiger partial charge in [0.15, 0.2) is 11.5 Å². The Kier molecular flexibility index (Phi) is 4.72. The second kappa shape index (κ2) is 5.84. The van der Waals surface area contributed by atoms with Crippen LogP contribution in [0.2, 0.25) is 10.0 Å². The van der Waals surface area contributed by atoms with Gasteiger partial charge >= 0.3 is 6.09 Å². The van der Waals surface area contributed by atoms with Crippen LogP contribution >= 0.6 is 23.2 Å². The number of carbonyl (C=O) groups is 1. The van der Waals surface area contributed by atoms with Crippen LogP contribution in [0.4, 0.5) is 10.5 Å². The molecular weight excluding hydrogens is 269 g/mol. The normalized spacial score (nSPS) is 9.71. The molecule has 0 saturated carbocycles. The molecule has 0 heterocycles. The Balaban J connectivity index is 3.34. The first-order valence-electron chi connectivity index (χ1n) is 4.50. The lowest BCUT2D eigenvalue weighted by Gasteiger charge is -2.15. The van der Waals surface area contributed by atoms with Gasteiger partial charge in [-0.1, -0.05) is 23.2 Å². The third-order valence-corrected chi connectivity index (χ3v) is 2.52. The molecule has 1 aromatic carbocycles. The van der Waals surface area contributed by atoms with Crippen LogP contribution in [0.5, 0.6) is 11.5 Å². The lowest BCUT2D eigenvalue weighted by molar-refractivity contribution is 0.186. The molecule has 0 atom stereocenters. The molecule has 0 aliphatic heterocycles. The van der Waals surface area contributed by atoms with Crippen LogP contribution in [0, 0.1) is 0 Å². The SMILES string of the molecule is COC(=O)Nc1c(OC)c(Cl)cc(Cl)c1OC. The molecule has 5 nitrogen and oxygen atoms in total. The van der Waals surface area contributed by atoms with Gasteiger partial charge in [-0.3, -0.25) is 5.32 Å². The maximum atomic E-state index is 11.2. The van der Waals surface area contributed by atoms with Crippen LogP contribution in [0.25, 0.3) is 0 Å². The first-order valence-corrected chi connectivity index (χ1v) is 5.25. The molecule has 17 heavy (non-hydrogen) atoms. The minimum atomic E-state index is -0.681. The molecule has 0 unspecified atom stereocenters. The summed E-state index contributed by atoms with van der Waals surface area (Å²) in [6, 6.07) is 1.46.